The van der Waals surface area contributed by atoms with Gasteiger partial charge in [-0.05, 0) is 45.1 Å². The molecule has 0 saturated heterocycles. The van der Waals surface area contributed by atoms with E-state index in [-0.39, 0.29) is 16.9 Å². The Bertz CT molecular complexity index is 790. The van der Waals surface area contributed by atoms with E-state index in [0.717, 1.165) is 35.1 Å². The highest BCUT2D eigenvalue weighted by molar-refractivity contribution is 7.99. The van der Waals surface area contributed by atoms with Crippen LogP contribution in [0.1, 0.15) is 53.5 Å². The minimum absolute atomic E-state index is 0.0253. The second-order valence-corrected chi connectivity index (χ2v) is 9.77. The smallest absolute Gasteiger partial charge is 0.230 e. The third-order valence-corrected chi connectivity index (χ3v) is 5.17. The number of nitrogens with one attached hydrogen (secondary N) is 1. The third kappa shape index (κ3) is 6.09. The molecule has 0 aliphatic heterocycles. The second-order valence-electron chi connectivity index (χ2n) is 8.82. The molecule has 0 bridgehead atoms. The lowest BCUT2D eigenvalue weighted by Crippen LogP contribution is -2.46. The molecule has 1 aromatic carbocycles. The fraction of sp³-hybridized carbons (Fsp3) is 0.571. The zero-order valence-electron chi connectivity index (χ0n) is 17.6. The van der Waals surface area contributed by atoms with Crippen molar-refractivity contribution in [2.75, 3.05) is 5.75 Å². The highest BCUT2D eigenvalue weighted by Crippen LogP contribution is 2.28. The first kappa shape index (κ1) is 21.5. The van der Waals surface area contributed by atoms with Crippen molar-refractivity contribution in [1.82, 2.24) is 20.1 Å². The number of hydrogen-bond acceptors (Lipinski definition) is 4. The lowest BCUT2D eigenvalue weighted by Gasteiger charge is -2.33. The molecule has 1 heterocycles. The van der Waals surface area contributed by atoms with Crippen LogP contribution in [-0.2, 0) is 11.3 Å². The van der Waals surface area contributed by atoms with E-state index in [0.29, 0.717) is 5.75 Å². The first-order valence-corrected chi connectivity index (χ1v) is 10.4. The standard InChI is InChI=1S/C21H32N4OS/c1-8-25-18(16-12-10-9-11-15(16)2)23-24-19(25)27-13-17(26)22-21(6,7)14-20(3,4)5/h9-12H,8,13-14H2,1-7H3,(H,22,26). The Morgan fingerprint density at radius 1 is 1.15 bits per heavy atom. The van der Waals surface area contributed by atoms with E-state index in [1.54, 1.807) is 0 Å². The number of aromatic nitrogens is 3. The van der Waals surface area contributed by atoms with E-state index in [1.807, 2.05) is 12.1 Å². The fourth-order valence-electron chi connectivity index (χ4n) is 3.62. The Morgan fingerprint density at radius 3 is 2.41 bits per heavy atom. The number of thioether (sulfide) groups is 1. The maximum atomic E-state index is 12.5. The Labute approximate surface area is 167 Å². The van der Waals surface area contributed by atoms with Crippen LogP contribution in [0.5, 0.6) is 0 Å². The van der Waals surface area contributed by atoms with Crippen LogP contribution in [0.2, 0.25) is 0 Å². The molecule has 148 valence electrons. The number of carbonyl (C=O) groups is 1. The van der Waals surface area contributed by atoms with Crippen molar-refractivity contribution in [1.29, 1.82) is 0 Å². The van der Waals surface area contributed by atoms with E-state index >= 15 is 0 Å². The van der Waals surface area contributed by atoms with Crippen LogP contribution in [0.25, 0.3) is 11.4 Å². The van der Waals surface area contributed by atoms with Crippen molar-refractivity contribution in [2.24, 2.45) is 5.41 Å². The zero-order chi connectivity index (χ0) is 20.2. The SMILES string of the molecule is CCn1c(SCC(=O)NC(C)(C)CC(C)(C)C)nnc1-c1ccccc1C. The van der Waals surface area contributed by atoms with Crippen LogP contribution in [0, 0.1) is 12.3 Å². The highest BCUT2D eigenvalue weighted by Gasteiger charge is 2.27. The number of rotatable bonds is 7. The summed E-state index contributed by atoms with van der Waals surface area (Å²) in [6, 6.07) is 8.16. The van der Waals surface area contributed by atoms with Gasteiger partial charge in [0.1, 0.15) is 0 Å². The topological polar surface area (TPSA) is 59.8 Å². The van der Waals surface area contributed by atoms with Crippen LogP contribution in [0.15, 0.2) is 29.4 Å². The number of amides is 1. The van der Waals surface area contributed by atoms with Crippen molar-refractivity contribution in [3.63, 3.8) is 0 Å². The molecule has 0 spiro atoms. The van der Waals surface area contributed by atoms with Gasteiger partial charge in [0, 0.05) is 17.6 Å². The predicted molar refractivity (Wildman–Crippen MR) is 113 cm³/mol. The van der Waals surface area contributed by atoms with Gasteiger partial charge in [-0.3, -0.25) is 4.79 Å². The molecular weight excluding hydrogens is 356 g/mol. The number of carbonyl (C=O) groups excluding carboxylic acids is 1. The average Bonchev–Trinajstić information content (AvgIpc) is 2.93. The number of nitrogens with zero attached hydrogens (tertiary/aromatic N) is 3. The summed E-state index contributed by atoms with van der Waals surface area (Å²) < 4.78 is 2.07. The quantitative estimate of drug-likeness (QED) is 0.699. The van der Waals surface area contributed by atoms with Crippen molar-refractivity contribution in [2.45, 2.75) is 72.1 Å². The summed E-state index contributed by atoms with van der Waals surface area (Å²) in [7, 11) is 0. The predicted octanol–water partition coefficient (Wildman–Crippen LogP) is 4.70. The minimum atomic E-state index is -0.235. The van der Waals surface area contributed by atoms with Crippen molar-refractivity contribution < 1.29 is 4.79 Å². The van der Waals surface area contributed by atoms with Crippen molar-refractivity contribution >= 4 is 17.7 Å². The van der Waals surface area contributed by atoms with Crippen molar-refractivity contribution in [3.05, 3.63) is 29.8 Å². The van der Waals surface area contributed by atoms with Crippen LogP contribution < -0.4 is 5.32 Å². The molecule has 1 amide bonds. The van der Waals surface area contributed by atoms with E-state index < -0.39 is 0 Å². The van der Waals surface area contributed by atoms with Crippen LogP contribution >= 0.6 is 11.8 Å². The van der Waals surface area contributed by atoms with Crippen LogP contribution in [0.3, 0.4) is 0 Å². The van der Waals surface area contributed by atoms with Crippen LogP contribution in [-0.4, -0.2) is 32.0 Å². The molecule has 27 heavy (non-hydrogen) atoms. The van der Waals surface area contributed by atoms with Gasteiger partial charge in [-0.15, -0.1) is 10.2 Å². The van der Waals surface area contributed by atoms with Gasteiger partial charge in [0.05, 0.1) is 5.75 Å². The number of benzene rings is 1. The summed E-state index contributed by atoms with van der Waals surface area (Å²) >= 11 is 1.44. The van der Waals surface area contributed by atoms with E-state index in [4.69, 9.17) is 0 Å². The molecule has 2 aromatic rings. The molecule has 1 aromatic heterocycles. The zero-order valence-corrected chi connectivity index (χ0v) is 18.4. The lowest BCUT2D eigenvalue weighted by molar-refractivity contribution is -0.120. The number of hydrogen-bond donors (Lipinski definition) is 1. The Balaban J connectivity index is 2.06. The molecule has 0 aliphatic carbocycles. The molecule has 6 heteroatoms. The van der Waals surface area contributed by atoms with Crippen molar-refractivity contribution in [3.8, 4) is 11.4 Å². The summed E-state index contributed by atoms with van der Waals surface area (Å²) in [4.78, 5) is 12.5. The molecule has 0 unspecified atom stereocenters. The maximum absolute atomic E-state index is 12.5. The minimum Gasteiger partial charge on any atom is -0.350 e. The monoisotopic (exact) mass is 388 g/mol. The summed E-state index contributed by atoms with van der Waals surface area (Å²) in [5.41, 5.74) is 2.17. The van der Waals surface area contributed by atoms with Gasteiger partial charge >= 0.3 is 0 Å². The second kappa shape index (κ2) is 8.46. The molecule has 0 saturated carbocycles. The van der Waals surface area contributed by atoms with Gasteiger partial charge in [0.25, 0.3) is 0 Å². The molecule has 5 nitrogen and oxygen atoms in total. The number of aryl methyl sites for hydroxylation is 1. The summed E-state index contributed by atoms with van der Waals surface area (Å²) in [6.07, 6.45) is 0.916. The van der Waals surface area contributed by atoms with Gasteiger partial charge < -0.3 is 9.88 Å². The van der Waals surface area contributed by atoms with E-state index in [2.05, 4.69) is 80.7 Å². The highest BCUT2D eigenvalue weighted by atomic mass is 32.2. The Morgan fingerprint density at radius 2 is 1.81 bits per heavy atom. The summed E-state index contributed by atoms with van der Waals surface area (Å²) in [5, 5.41) is 12.6. The van der Waals surface area contributed by atoms with E-state index in [9.17, 15) is 4.79 Å². The lowest BCUT2D eigenvalue weighted by atomic mass is 9.82. The fourth-order valence-corrected chi connectivity index (χ4v) is 4.42. The van der Waals surface area contributed by atoms with Gasteiger partial charge in [-0.1, -0.05) is 56.8 Å². The molecule has 2 rings (SSSR count). The van der Waals surface area contributed by atoms with Gasteiger partial charge in [-0.2, -0.15) is 0 Å². The largest absolute Gasteiger partial charge is 0.350 e. The summed E-state index contributed by atoms with van der Waals surface area (Å²) in [6.45, 7) is 15.6. The Kier molecular flexibility index (Phi) is 6.73. The first-order chi connectivity index (χ1) is 12.5. The molecule has 1 N–H and O–H groups in total. The van der Waals surface area contributed by atoms with Crippen LogP contribution in [0.4, 0.5) is 0 Å². The van der Waals surface area contributed by atoms with Gasteiger partial charge in [-0.25, -0.2) is 0 Å². The molecule has 0 atom stereocenters. The normalized spacial score (nSPS) is 12.3. The molecular formula is C21H32N4OS. The molecule has 0 aliphatic rings. The molecule has 0 fully saturated rings. The van der Waals surface area contributed by atoms with Gasteiger partial charge in [0.15, 0.2) is 11.0 Å². The Hall–Kier alpha value is -1.82. The molecule has 0 radical (unpaired) electrons. The third-order valence-electron chi connectivity index (χ3n) is 4.20. The first-order valence-electron chi connectivity index (χ1n) is 9.45. The van der Waals surface area contributed by atoms with E-state index in [1.165, 1.54) is 11.8 Å². The average molecular weight is 389 g/mol. The van der Waals surface area contributed by atoms with Gasteiger partial charge in [0.2, 0.25) is 5.91 Å². The maximum Gasteiger partial charge on any atom is 0.230 e. The summed E-state index contributed by atoms with van der Waals surface area (Å²) in [5.74, 6) is 1.21.